The molecule has 2 aliphatic rings. The van der Waals surface area contributed by atoms with E-state index in [1.807, 2.05) is 6.92 Å². The third kappa shape index (κ3) is 3.81. The lowest BCUT2D eigenvalue weighted by molar-refractivity contribution is -0.140. The SMILES string of the molecule is CCN1CCNC(CC(=O)N2CCC(O)C2)C1=O.Cl. The molecule has 0 bridgehead atoms. The number of carbonyl (C=O) groups is 2. The number of β-amino-alcohol motifs (C(OH)–C–C–N with tert-alkyl or cyclic N) is 1. The van der Waals surface area contributed by atoms with Crippen molar-refractivity contribution in [2.75, 3.05) is 32.7 Å². The Balaban J connectivity index is 0.00000180. The lowest BCUT2D eigenvalue weighted by Gasteiger charge is -2.32. The average Bonchev–Trinajstić information content (AvgIpc) is 2.78. The molecule has 0 aromatic heterocycles. The topological polar surface area (TPSA) is 72.9 Å². The summed E-state index contributed by atoms with van der Waals surface area (Å²) in [6.45, 7) is 5.07. The smallest absolute Gasteiger partial charge is 0.240 e. The van der Waals surface area contributed by atoms with Crippen LogP contribution in [-0.2, 0) is 9.59 Å². The molecule has 0 aromatic rings. The molecule has 110 valence electrons. The van der Waals surface area contributed by atoms with Gasteiger partial charge in [-0.05, 0) is 13.3 Å². The number of aliphatic hydroxyl groups is 1. The molecule has 0 spiro atoms. The van der Waals surface area contributed by atoms with E-state index in [4.69, 9.17) is 0 Å². The van der Waals surface area contributed by atoms with Crippen LogP contribution in [0, 0.1) is 0 Å². The van der Waals surface area contributed by atoms with Crippen LogP contribution in [0.4, 0.5) is 0 Å². The van der Waals surface area contributed by atoms with Crippen LogP contribution in [-0.4, -0.2) is 71.6 Å². The normalized spacial score (nSPS) is 27.4. The monoisotopic (exact) mass is 291 g/mol. The molecule has 0 radical (unpaired) electrons. The molecule has 0 aliphatic carbocycles. The summed E-state index contributed by atoms with van der Waals surface area (Å²) in [5.74, 6) is -0.0350. The second-order valence-corrected chi connectivity index (χ2v) is 4.91. The molecule has 19 heavy (non-hydrogen) atoms. The third-order valence-corrected chi connectivity index (χ3v) is 3.66. The Hall–Kier alpha value is -0.850. The van der Waals surface area contributed by atoms with Gasteiger partial charge in [-0.2, -0.15) is 0 Å². The lowest BCUT2D eigenvalue weighted by atomic mass is 10.1. The molecule has 2 amide bonds. The van der Waals surface area contributed by atoms with Gasteiger partial charge in [-0.25, -0.2) is 0 Å². The number of piperazine rings is 1. The fraction of sp³-hybridized carbons (Fsp3) is 0.833. The van der Waals surface area contributed by atoms with E-state index in [-0.39, 0.29) is 30.6 Å². The van der Waals surface area contributed by atoms with Crippen molar-refractivity contribution in [3.63, 3.8) is 0 Å². The van der Waals surface area contributed by atoms with Gasteiger partial charge in [0.15, 0.2) is 0 Å². The molecular weight excluding hydrogens is 270 g/mol. The Labute approximate surface area is 119 Å². The molecule has 2 atom stereocenters. The first-order valence-corrected chi connectivity index (χ1v) is 6.59. The van der Waals surface area contributed by atoms with Crippen LogP contribution in [0.25, 0.3) is 0 Å². The number of amides is 2. The van der Waals surface area contributed by atoms with E-state index in [1.54, 1.807) is 9.80 Å². The maximum atomic E-state index is 12.0. The number of hydrogen-bond donors (Lipinski definition) is 2. The highest BCUT2D eigenvalue weighted by Crippen LogP contribution is 2.13. The molecular formula is C12H22ClN3O3. The van der Waals surface area contributed by atoms with Crippen LogP contribution < -0.4 is 5.32 Å². The van der Waals surface area contributed by atoms with Crippen LogP contribution in [0.3, 0.4) is 0 Å². The summed E-state index contributed by atoms with van der Waals surface area (Å²) < 4.78 is 0. The average molecular weight is 292 g/mol. The number of nitrogens with one attached hydrogen (secondary N) is 1. The summed E-state index contributed by atoms with van der Waals surface area (Å²) >= 11 is 0. The van der Waals surface area contributed by atoms with Gasteiger partial charge in [-0.15, -0.1) is 12.4 Å². The quantitative estimate of drug-likeness (QED) is 0.715. The Morgan fingerprint density at radius 1 is 1.47 bits per heavy atom. The number of likely N-dealkylation sites (N-methyl/N-ethyl adjacent to an activating group) is 1. The highest BCUT2D eigenvalue weighted by Gasteiger charge is 2.32. The molecule has 2 N–H and O–H groups in total. The second-order valence-electron chi connectivity index (χ2n) is 4.91. The standard InChI is InChI=1S/C12H21N3O3.ClH/c1-2-14-6-4-13-10(12(14)18)7-11(17)15-5-3-9(16)8-15;/h9-10,13,16H,2-8H2,1H3;1H. The van der Waals surface area contributed by atoms with Crippen molar-refractivity contribution in [1.29, 1.82) is 0 Å². The summed E-state index contributed by atoms with van der Waals surface area (Å²) in [6, 6.07) is -0.399. The number of rotatable bonds is 3. The van der Waals surface area contributed by atoms with Crippen molar-refractivity contribution < 1.29 is 14.7 Å². The highest BCUT2D eigenvalue weighted by atomic mass is 35.5. The van der Waals surface area contributed by atoms with E-state index in [1.165, 1.54) is 0 Å². The molecule has 2 heterocycles. The summed E-state index contributed by atoms with van der Waals surface area (Å²) in [5, 5.41) is 12.5. The number of hydrogen-bond acceptors (Lipinski definition) is 4. The van der Waals surface area contributed by atoms with E-state index in [0.29, 0.717) is 32.6 Å². The van der Waals surface area contributed by atoms with E-state index in [0.717, 1.165) is 6.54 Å². The van der Waals surface area contributed by atoms with E-state index < -0.39 is 12.1 Å². The van der Waals surface area contributed by atoms with Gasteiger partial charge in [0, 0.05) is 32.7 Å². The summed E-state index contributed by atoms with van der Waals surface area (Å²) in [5.41, 5.74) is 0. The van der Waals surface area contributed by atoms with Gasteiger partial charge in [0.05, 0.1) is 18.6 Å². The zero-order chi connectivity index (χ0) is 13.1. The van der Waals surface area contributed by atoms with Gasteiger partial charge in [0.25, 0.3) is 0 Å². The van der Waals surface area contributed by atoms with Crippen molar-refractivity contribution in [3.05, 3.63) is 0 Å². The Morgan fingerprint density at radius 2 is 2.21 bits per heavy atom. The number of carbonyl (C=O) groups excluding carboxylic acids is 2. The van der Waals surface area contributed by atoms with Crippen LogP contribution in [0.5, 0.6) is 0 Å². The molecule has 0 saturated carbocycles. The van der Waals surface area contributed by atoms with E-state index >= 15 is 0 Å². The maximum Gasteiger partial charge on any atom is 0.240 e. The molecule has 6 nitrogen and oxygen atoms in total. The fourth-order valence-electron chi connectivity index (χ4n) is 2.54. The van der Waals surface area contributed by atoms with Crippen molar-refractivity contribution in [3.8, 4) is 0 Å². The molecule has 2 unspecified atom stereocenters. The highest BCUT2D eigenvalue weighted by molar-refractivity contribution is 5.89. The predicted molar refractivity (Wildman–Crippen MR) is 73.1 cm³/mol. The van der Waals surface area contributed by atoms with E-state index in [9.17, 15) is 14.7 Å². The number of nitrogens with zero attached hydrogens (tertiary/aromatic N) is 2. The molecule has 2 saturated heterocycles. The minimum atomic E-state index is -0.406. The molecule has 7 heteroatoms. The summed E-state index contributed by atoms with van der Waals surface area (Å²) in [7, 11) is 0. The lowest BCUT2D eigenvalue weighted by Crippen LogP contribution is -2.56. The molecule has 0 aromatic carbocycles. The first-order chi connectivity index (χ1) is 8.61. The van der Waals surface area contributed by atoms with E-state index in [2.05, 4.69) is 5.32 Å². The molecule has 2 rings (SSSR count). The Bertz CT molecular complexity index is 340. The van der Waals surface area contributed by atoms with Gasteiger partial charge < -0.3 is 20.2 Å². The predicted octanol–water partition coefficient (Wildman–Crippen LogP) is -0.788. The largest absolute Gasteiger partial charge is 0.391 e. The van der Waals surface area contributed by atoms with Crippen LogP contribution >= 0.6 is 12.4 Å². The fourth-order valence-corrected chi connectivity index (χ4v) is 2.54. The molecule has 2 aliphatic heterocycles. The van der Waals surface area contributed by atoms with Gasteiger partial charge in [0.2, 0.25) is 11.8 Å². The van der Waals surface area contributed by atoms with Gasteiger partial charge in [-0.1, -0.05) is 0 Å². The zero-order valence-corrected chi connectivity index (χ0v) is 12.0. The van der Waals surface area contributed by atoms with Crippen LogP contribution in [0.2, 0.25) is 0 Å². The van der Waals surface area contributed by atoms with Gasteiger partial charge in [0.1, 0.15) is 0 Å². The Morgan fingerprint density at radius 3 is 2.79 bits per heavy atom. The van der Waals surface area contributed by atoms with Crippen molar-refractivity contribution in [2.45, 2.75) is 31.9 Å². The second kappa shape index (κ2) is 7.07. The minimum Gasteiger partial charge on any atom is -0.391 e. The van der Waals surface area contributed by atoms with Crippen LogP contribution in [0.1, 0.15) is 19.8 Å². The first-order valence-electron chi connectivity index (χ1n) is 6.59. The van der Waals surface area contributed by atoms with Gasteiger partial charge >= 0.3 is 0 Å². The number of likely N-dealkylation sites (tertiary alicyclic amines) is 1. The zero-order valence-electron chi connectivity index (χ0n) is 11.2. The Kier molecular flexibility index (Phi) is 6.03. The number of aliphatic hydroxyl groups excluding tert-OH is 1. The maximum absolute atomic E-state index is 12.0. The minimum absolute atomic E-state index is 0. The summed E-state index contributed by atoms with van der Waals surface area (Å²) in [6.07, 6.45) is 0.428. The van der Waals surface area contributed by atoms with Crippen LogP contribution in [0.15, 0.2) is 0 Å². The third-order valence-electron chi connectivity index (χ3n) is 3.66. The molecule has 2 fully saturated rings. The van der Waals surface area contributed by atoms with Gasteiger partial charge in [-0.3, -0.25) is 9.59 Å². The van der Waals surface area contributed by atoms with Crippen molar-refractivity contribution in [1.82, 2.24) is 15.1 Å². The van der Waals surface area contributed by atoms with Crippen molar-refractivity contribution >= 4 is 24.2 Å². The number of halogens is 1. The van der Waals surface area contributed by atoms with Crippen molar-refractivity contribution in [2.24, 2.45) is 0 Å². The first kappa shape index (κ1) is 16.2. The summed E-state index contributed by atoms with van der Waals surface area (Å²) in [4.78, 5) is 27.4.